The number of pyridine rings is 1. The van der Waals surface area contributed by atoms with Crippen LogP contribution in [0.5, 0.6) is 0 Å². The number of ketones is 1. The molecular formula is C21H25N3O5S. The van der Waals surface area contributed by atoms with Crippen LogP contribution in [0.25, 0.3) is 10.9 Å². The quantitative estimate of drug-likeness (QED) is 0.735. The van der Waals surface area contributed by atoms with Gasteiger partial charge in [-0.25, -0.2) is 8.42 Å². The van der Waals surface area contributed by atoms with Crippen LogP contribution in [0.2, 0.25) is 0 Å². The van der Waals surface area contributed by atoms with E-state index in [9.17, 15) is 22.8 Å². The number of nitrogens with one attached hydrogen (secondary N) is 1. The minimum Gasteiger partial charge on any atom is -0.340 e. The van der Waals surface area contributed by atoms with Crippen molar-refractivity contribution in [3.8, 4) is 0 Å². The van der Waals surface area contributed by atoms with E-state index in [-0.39, 0.29) is 18.2 Å². The van der Waals surface area contributed by atoms with Crippen molar-refractivity contribution in [2.45, 2.75) is 25.8 Å². The summed E-state index contributed by atoms with van der Waals surface area (Å²) in [6, 6.07) is 8.12. The summed E-state index contributed by atoms with van der Waals surface area (Å²) in [5.74, 6) is -2.08. The van der Waals surface area contributed by atoms with Crippen LogP contribution in [0.3, 0.4) is 0 Å². The Morgan fingerprint density at radius 2 is 1.97 bits per heavy atom. The van der Waals surface area contributed by atoms with Gasteiger partial charge >= 0.3 is 0 Å². The van der Waals surface area contributed by atoms with E-state index in [1.807, 2.05) is 12.1 Å². The molecule has 1 aliphatic rings. The van der Waals surface area contributed by atoms with E-state index in [1.165, 1.54) is 4.90 Å². The normalized spacial score (nSPS) is 18.1. The van der Waals surface area contributed by atoms with Crippen LogP contribution in [0.15, 0.2) is 36.5 Å². The third-order valence-electron chi connectivity index (χ3n) is 5.19. The standard InChI is InChI=1S/C21H25N3O5S/c1-14(23-20(26)17-9-3-6-15-7-4-10-22-19(15)17)21(27)24-11-5-8-16(12-24)18(25)13-30(2,28)29/h3-4,6-7,9-10,14,16H,5,8,11-13H2,1-2H3,(H,23,26)/t14-,16-/m1/s1. The number of fused-ring (bicyclic) bond motifs is 1. The Balaban J connectivity index is 1.66. The first-order valence-electron chi connectivity index (χ1n) is 9.79. The highest BCUT2D eigenvalue weighted by Gasteiger charge is 2.32. The smallest absolute Gasteiger partial charge is 0.254 e. The molecule has 1 fully saturated rings. The van der Waals surface area contributed by atoms with Crippen molar-refractivity contribution in [3.05, 3.63) is 42.1 Å². The van der Waals surface area contributed by atoms with Crippen LogP contribution < -0.4 is 5.32 Å². The zero-order valence-electron chi connectivity index (χ0n) is 17.0. The lowest BCUT2D eigenvalue weighted by atomic mass is 9.94. The van der Waals surface area contributed by atoms with Crippen LogP contribution in [-0.4, -0.2) is 67.0 Å². The van der Waals surface area contributed by atoms with Crippen molar-refractivity contribution >= 4 is 38.3 Å². The molecule has 1 saturated heterocycles. The number of Topliss-reactive ketones (excluding diaryl/α,β-unsaturated/α-hetero) is 1. The number of carbonyl (C=O) groups is 3. The fourth-order valence-electron chi connectivity index (χ4n) is 3.71. The Labute approximate surface area is 175 Å². The van der Waals surface area contributed by atoms with E-state index in [2.05, 4.69) is 10.3 Å². The molecule has 9 heteroatoms. The predicted octanol–water partition coefficient (Wildman–Crippen LogP) is 1.21. The molecule has 0 radical (unpaired) electrons. The minimum atomic E-state index is -3.41. The Hall–Kier alpha value is -2.81. The average Bonchev–Trinajstić information content (AvgIpc) is 2.71. The highest BCUT2D eigenvalue weighted by atomic mass is 32.2. The van der Waals surface area contributed by atoms with E-state index in [4.69, 9.17) is 0 Å². The number of aromatic nitrogens is 1. The molecule has 0 saturated carbocycles. The Bertz CT molecular complexity index is 1080. The molecule has 30 heavy (non-hydrogen) atoms. The number of hydrogen-bond donors (Lipinski definition) is 1. The Morgan fingerprint density at radius 1 is 1.23 bits per heavy atom. The van der Waals surface area contributed by atoms with E-state index in [1.54, 1.807) is 31.3 Å². The van der Waals surface area contributed by atoms with E-state index < -0.39 is 33.5 Å². The van der Waals surface area contributed by atoms with Crippen LogP contribution in [-0.2, 0) is 19.4 Å². The van der Waals surface area contributed by atoms with Crippen LogP contribution in [0, 0.1) is 5.92 Å². The van der Waals surface area contributed by atoms with Gasteiger partial charge in [0.15, 0.2) is 15.6 Å². The average molecular weight is 432 g/mol. The second kappa shape index (κ2) is 8.91. The van der Waals surface area contributed by atoms with Gasteiger partial charge in [0, 0.05) is 36.8 Å². The van der Waals surface area contributed by atoms with E-state index in [0.717, 1.165) is 11.6 Å². The van der Waals surface area contributed by atoms with Gasteiger partial charge in [-0.3, -0.25) is 19.4 Å². The molecule has 3 rings (SSSR count). The molecule has 2 amide bonds. The molecular weight excluding hydrogens is 406 g/mol. The van der Waals surface area contributed by atoms with Crippen molar-refractivity contribution in [3.63, 3.8) is 0 Å². The molecule has 1 aromatic carbocycles. The zero-order valence-corrected chi connectivity index (χ0v) is 17.8. The topological polar surface area (TPSA) is 114 Å². The molecule has 1 N–H and O–H groups in total. The fourth-order valence-corrected chi connectivity index (χ4v) is 4.47. The summed E-state index contributed by atoms with van der Waals surface area (Å²) >= 11 is 0. The molecule has 2 heterocycles. The molecule has 2 aromatic rings. The lowest BCUT2D eigenvalue weighted by Crippen LogP contribution is -2.51. The molecule has 2 atom stereocenters. The number of para-hydroxylation sites is 1. The highest BCUT2D eigenvalue weighted by Crippen LogP contribution is 2.20. The molecule has 0 unspecified atom stereocenters. The summed E-state index contributed by atoms with van der Waals surface area (Å²) in [5.41, 5.74) is 0.939. The predicted molar refractivity (Wildman–Crippen MR) is 113 cm³/mol. The summed E-state index contributed by atoms with van der Waals surface area (Å²) in [6.45, 7) is 2.24. The molecule has 0 spiro atoms. The van der Waals surface area contributed by atoms with Gasteiger partial charge in [0.2, 0.25) is 5.91 Å². The first-order chi connectivity index (χ1) is 14.2. The molecule has 1 aliphatic heterocycles. The maximum atomic E-state index is 12.8. The Kier molecular flexibility index (Phi) is 6.50. The number of nitrogens with zero attached hydrogens (tertiary/aromatic N) is 2. The summed E-state index contributed by atoms with van der Waals surface area (Å²) in [7, 11) is -3.41. The maximum absolute atomic E-state index is 12.8. The molecule has 0 aliphatic carbocycles. The largest absolute Gasteiger partial charge is 0.340 e. The van der Waals surface area contributed by atoms with Crippen molar-refractivity contribution in [2.75, 3.05) is 25.1 Å². The first kappa shape index (κ1) is 21.9. The number of amides is 2. The van der Waals surface area contributed by atoms with Gasteiger partial charge in [-0.05, 0) is 31.9 Å². The second-order valence-corrected chi connectivity index (χ2v) is 9.88. The van der Waals surface area contributed by atoms with Gasteiger partial charge in [0.1, 0.15) is 11.8 Å². The van der Waals surface area contributed by atoms with Crippen molar-refractivity contribution < 1.29 is 22.8 Å². The number of likely N-dealkylation sites (tertiary alicyclic amines) is 1. The number of piperidine rings is 1. The number of carbonyl (C=O) groups excluding carboxylic acids is 3. The van der Waals surface area contributed by atoms with E-state index in [0.29, 0.717) is 30.5 Å². The van der Waals surface area contributed by atoms with Gasteiger partial charge in [-0.1, -0.05) is 18.2 Å². The van der Waals surface area contributed by atoms with E-state index >= 15 is 0 Å². The van der Waals surface area contributed by atoms with Crippen LogP contribution >= 0.6 is 0 Å². The van der Waals surface area contributed by atoms with Crippen LogP contribution in [0.1, 0.15) is 30.1 Å². The van der Waals surface area contributed by atoms with Gasteiger partial charge in [0.25, 0.3) is 5.91 Å². The zero-order chi connectivity index (χ0) is 21.9. The monoisotopic (exact) mass is 431 g/mol. The van der Waals surface area contributed by atoms with Crippen molar-refractivity contribution in [2.24, 2.45) is 5.92 Å². The number of benzene rings is 1. The fraction of sp³-hybridized carbons (Fsp3) is 0.429. The summed E-state index contributed by atoms with van der Waals surface area (Å²) in [5, 5.41) is 3.54. The lowest BCUT2D eigenvalue weighted by Gasteiger charge is -2.33. The minimum absolute atomic E-state index is 0.170. The molecule has 160 valence electrons. The van der Waals surface area contributed by atoms with Crippen molar-refractivity contribution in [1.29, 1.82) is 0 Å². The van der Waals surface area contributed by atoms with Gasteiger partial charge < -0.3 is 10.2 Å². The summed E-state index contributed by atoms with van der Waals surface area (Å²) in [4.78, 5) is 43.6. The van der Waals surface area contributed by atoms with Gasteiger partial charge in [0.05, 0.1) is 11.1 Å². The second-order valence-electron chi connectivity index (χ2n) is 7.74. The van der Waals surface area contributed by atoms with Crippen molar-refractivity contribution in [1.82, 2.24) is 15.2 Å². The highest BCUT2D eigenvalue weighted by molar-refractivity contribution is 7.91. The third-order valence-corrected chi connectivity index (χ3v) is 6.00. The molecule has 8 nitrogen and oxygen atoms in total. The molecule has 0 bridgehead atoms. The number of hydrogen-bond acceptors (Lipinski definition) is 6. The number of rotatable bonds is 6. The van der Waals surface area contributed by atoms with Crippen LogP contribution in [0.4, 0.5) is 0 Å². The first-order valence-corrected chi connectivity index (χ1v) is 11.9. The maximum Gasteiger partial charge on any atom is 0.254 e. The third kappa shape index (κ3) is 5.21. The summed E-state index contributed by atoms with van der Waals surface area (Å²) < 4.78 is 22.8. The molecule has 1 aromatic heterocycles. The lowest BCUT2D eigenvalue weighted by molar-refractivity contribution is -0.136. The van der Waals surface area contributed by atoms with Gasteiger partial charge in [-0.15, -0.1) is 0 Å². The Morgan fingerprint density at radius 3 is 2.70 bits per heavy atom. The number of sulfone groups is 1. The SMILES string of the molecule is C[C@@H](NC(=O)c1cccc2cccnc12)C(=O)N1CCC[C@@H](C(=O)CS(C)(=O)=O)C1. The summed E-state index contributed by atoms with van der Waals surface area (Å²) in [6.07, 6.45) is 3.80. The van der Waals surface area contributed by atoms with Gasteiger partial charge in [-0.2, -0.15) is 0 Å².